The minimum Gasteiger partial charge on any atom is -0.566 e. The highest BCUT2D eigenvalue weighted by Gasteiger charge is 2.35. The molecule has 2 unspecified atom stereocenters. The van der Waals surface area contributed by atoms with Gasteiger partial charge < -0.3 is 20.6 Å². The van der Waals surface area contributed by atoms with Crippen LogP contribution in [0.3, 0.4) is 0 Å². The third-order valence-corrected chi connectivity index (χ3v) is 3.83. The van der Waals surface area contributed by atoms with E-state index in [4.69, 9.17) is 10.2 Å². The summed E-state index contributed by atoms with van der Waals surface area (Å²) in [6.07, 6.45) is -1.19. The van der Waals surface area contributed by atoms with E-state index >= 15 is 0 Å². The molecule has 0 amide bonds. The average Bonchev–Trinajstić information content (AvgIpc) is 2.64. The Balaban J connectivity index is 2.49. The van der Waals surface area contributed by atoms with E-state index in [0.29, 0.717) is 11.1 Å². The second-order valence-corrected chi connectivity index (χ2v) is 5.65. The molecule has 0 spiro atoms. The standard InChI is InChI=1S/C18H18N2O6/c21-17(22)11-15(13-7-3-1-4-8-13)19(25)20(26)16(12-18(23)24)14-9-5-2-6-10-14/h1-10,15-16H,11-12H2,(H,21,22)(H,23,24)/b20-19+. The molecule has 0 radical (unpaired) electrons. The van der Waals surface area contributed by atoms with E-state index in [-0.39, 0.29) is 9.72 Å². The second-order valence-electron chi connectivity index (χ2n) is 5.65. The highest BCUT2D eigenvalue weighted by atomic mass is 16.6. The summed E-state index contributed by atoms with van der Waals surface area (Å²) < 4.78 is 0. The number of aliphatic carboxylic acids is 2. The van der Waals surface area contributed by atoms with Crippen molar-refractivity contribution < 1.29 is 29.5 Å². The van der Waals surface area contributed by atoms with Crippen molar-refractivity contribution >= 4 is 11.9 Å². The molecular formula is C18H18N2O6. The summed E-state index contributed by atoms with van der Waals surface area (Å²) in [5.74, 6) is -2.50. The van der Waals surface area contributed by atoms with Crippen molar-refractivity contribution in [2.75, 3.05) is 0 Å². The molecule has 0 bridgehead atoms. The van der Waals surface area contributed by atoms with Crippen LogP contribution in [0.1, 0.15) is 36.1 Å². The average molecular weight is 358 g/mol. The van der Waals surface area contributed by atoms with Crippen LogP contribution in [-0.2, 0) is 9.59 Å². The number of azo groups is 1. The number of hydroxylamine groups is 2. The molecule has 0 aliphatic carbocycles. The Bertz CT molecular complexity index is 724. The van der Waals surface area contributed by atoms with E-state index < -0.39 is 36.9 Å². The van der Waals surface area contributed by atoms with Crippen molar-refractivity contribution in [1.29, 1.82) is 0 Å². The Kier molecular flexibility index (Phi) is 6.26. The van der Waals surface area contributed by atoms with Gasteiger partial charge in [0.2, 0.25) is 0 Å². The van der Waals surface area contributed by atoms with Gasteiger partial charge in [-0.2, -0.15) is 0 Å². The first-order valence-corrected chi connectivity index (χ1v) is 7.86. The molecule has 0 aliphatic heterocycles. The number of hydrogen-bond donors (Lipinski definition) is 2. The summed E-state index contributed by atoms with van der Waals surface area (Å²) >= 11 is 0. The van der Waals surface area contributed by atoms with Gasteiger partial charge in [0.05, 0.1) is 0 Å². The fourth-order valence-electron chi connectivity index (χ4n) is 2.60. The van der Waals surface area contributed by atoms with Gasteiger partial charge in [-0.05, 0) is 0 Å². The van der Waals surface area contributed by atoms with Crippen LogP contribution in [0.15, 0.2) is 60.7 Å². The SMILES string of the molecule is O=C(O)CC(c1ccccc1)/[N+]([O-])=[N+](\[O-])C(CC(=O)O)c1ccccc1. The van der Waals surface area contributed by atoms with Gasteiger partial charge in [-0.3, -0.25) is 9.59 Å². The minimum absolute atomic E-state index is 0.00403. The van der Waals surface area contributed by atoms with Gasteiger partial charge in [0.25, 0.3) is 12.1 Å². The first-order chi connectivity index (χ1) is 12.4. The van der Waals surface area contributed by atoms with E-state index in [0.717, 1.165) is 0 Å². The molecule has 0 aromatic heterocycles. The zero-order valence-corrected chi connectivity index (χ0v) is 13.8. The normalized spacial score (nSPS) is 14.2. The zero-order valence-electron chi connectivity index (χ0n) is 13.8. The smallest absolute Gasteiger partial charge is 0.310 e. The van der Waals surface area contributed by atoms with Crippen LogP contribution in [0.2, 0.25) is 0 Å². The molecule has 8 nitrogen and oxygen atoms in total. The van der Waals surface area contributed by atoms with Crippen LogP contribution in [0.25, 0.3) is 0 Å². The van der Waals surface area contributed by atoms with Crippen molar-refractivity contribution in [3.8, 4) is 0 Å². The number of nitrogens with zero attached hydrogens (tertiary/aromatic N) is 2. The van der Waals surface area contributed by atoms with Crippen molar-refractivity contribution in [1.82, 2.24) is 0 Å². The topological polar surface area (TPSA) is 127 Å². The molecule has 2 atom stereocenters. The highest BCUT2D eigenvalue weighted by Crippen LogP contribution is 2.26. The second kappa shape index (κ2) is 8.61. The molecule has 8 heteroatoms. The van der Waals surface area contributed by atoms with Gasteiger partial charge in [-0.1, -0.05) is 60.7 Å². The quantitative estimate of drug-likeness (QED) is 0.424. The summed E-state index contributed by atoms with van der Waals surface area (Å²) in [7, 11) is 0. The van der Waals surface area contributed by atoms with E-state index in [1.54, 1.807) is 60.7 Å². The number of rotatable bonds is 8. The molecule has 2 aromatic rings. The molecule has 0 aliphatic rings. The Morgan fingerprint density at radius 2 is 1.04 bits per heavy atom. The van der Waals surface area contributed by atoms with Gasteiger partial charge >= 0.3 is 11.9 Å². The molecule has 0 saturated carbocycles. The fraction of sp³-hybridized carbons (Fsp3) is 0.222. The van der Waals surface area contributed by atoms with Gasteiger partial charge in [0.1, 0.15) is 12.8 Å². The first kappa shape index (κ1) is 18.9. The third-order valence-electron chi connectivity index (χ3n) is 3.83. The Labute approximate surface area is 149 Å². The largest absolute Gasteiger partial charge is 0.566 e. The maximum Gasteiger partial charge on any atom is 0.310 e. The number of benzene rings is 2. The van der Waals surface area contributed by atoms with Crippen LogP contribution in [0.4, 0.5) is 0 Å². The minimum atomic E-state index is -1.27. The molecule has 2 rings (SSSR count). The van der Waals surface area contributed by atoms with Gasteiger partial charge in [-0.25, -0.2) is 0 Å². The van der Waals surface area contributed by atoms with Crippen LogP contribution in [-0.4, -0.2) is 31.9 Å². The number of hydrogen-bond acceptors (Lipinski definition) is 4. The predicted molar refractivity (Wildman–Crippen MR) is 90.1 cm³/mol. The fourth-order valence-corrected chi connectivity index (χ4v) is 2.60. The van der Waals surface area contributed by atoms with E-state index in [2.05, 4.69) is 0 Å². The van der Waals surface area contributed by atoms with Gasteiger partial charge in [0.15, 0.2) is 0 Å². The Morgan fingerprint density at radius 3 is 1.31 bits per heavy atom. The molecule has 2 aromatic carbocycles. The number of carbonyl (C=O) groups is 2. The number of carboxylic acids is 2. The lowest BCUT2D eigenvalue weighted by Crippen LogP contribution is -2.28. The van der Waals surface area contributed by atoms with Crippen molar-refractivity contribution in [3.05, 3.63) is 82.2 Å². The van der Waals surface area contributed by atoms with Crippen LogP contribution in [0, 0.1) is 10.4 Å². The van der Waals surface area contributed by atoms with E-state index in [1.165, 1.54) is 0 Å². The molecule has 26 heavy (non-hydrogen) atoms. The summed E-state index contributed by atoms with van der Waals surface area (Å²) in [5.41, 5.74) is 0.709. The zero-order chi connectivity index (χ0) is 19.1. The van der Waals surface area contributed by atoms with Crippen molar-refractivity contribution in [3.63, 3.8) is 0 Å². The molecular weight excluding hydrogens is 340 g/mol. The van der Waals surface area contributed by atoms with Crippen LogP contribution >= 0.6 is 0 Å². The Hall–Kier alpha value is -3.42. The predicted octanol–water partition coefficient (Wildman–Crippen LogP) is 2.89. The molecule has 2 N–H and O–H groups in total. The third kappa shape index (κ3) is 4.79. The van der Waals surface area contributed by atoms with Crippen LogP contribution in [0.5, 0.6) is 0 Å². The monoisotopic (exact) mass is 358 g/mol. The van der Waals surface area contributed by atoms with Gasteiger partial charge in [-0.15, -0.1) is 0 Å². The maximum atomic E-state index is 12.6. The number of carboxylic acid groups (broad SMARTS) is 2. The van der Waals surface area contributed by atoms with E-state index in [9.17, 15) is 20.0 Å². The van der Waals surface area contributed by atoms with Crippen LogP contribution < -0.4 is 0 Å². The van der Waals surface area contributed by atoms with E-state index in [1.807, 2.05) is 0 Å². The van der Waals surface area contributed by atoms with Crippen molar-refractivity contribution in [2.24, 2.45) is 0 Å². The first-order valence-electron chi connectivity index (χ1n) is 7.86. The summed E-state index contributed by atoms with van der Waals surface area (Å²) in [6, 6.07) is 13.5. The lowest BCUT2D eigenvalue weighted by atomic mass is 10.0. The molecule has 136 valence electrons. The lowest BCUT2D eigenvalue weighted by Gasteiger charge is -2.17. The van der Waals surface area contributed by atoms with Crippen molar-refractivity contribution in [2.45, 2.75) is 24.9 Å². The molecule has 0 heterocycles. The van der Waals surface area contributed by atoms with Gasteiger partial charge in [0, 0.05) is 20.8 Å². The lowest BCUT2D eigenvalue weighted by molar-refractivity contribution is -1.00. The molecule has 0 fully saturated rings. The summed E-state index contributed by atoms with van der Waals surface area (Å²) in [5, 5.41) is 43.5. The summed E-state index contributed by atoms with van der Waals surface area (Å²) in [4.78, 5) is 22.3. The summed E-state index contributed by atoms with van der Waals surface area (Å²) in [6.45, 7) is 0. The maximum absolute atomic E-state index is 12.6. The Morgan fingerprint density at radius 1 is 0.731 bits per heavy atom. The molecule has 0 saturated heterocycles. The highest BCUT2D eigenvalue weighted by molar-refractivity contribution is 5.68.